The van der Waals surface area contributed by atoms with Gasteiger partial charge in [0.25, 0.3) is 0 Å². The van der Waals surface area contributed by atoms with E-state index in [-0.39, 0.29) is 5.92 Å². The standard InChI is InChI=1S/C12H14N2S/c1-2-9(8-13)10-3-4-12-11(7-10)14-5-6-15-12/h3-4,7,9,14H,2,5-6H2,1H3. The molecule has 2 nitrogen and oxygen atoms in total. The van der Waals surface area contributed by atoms with Gasteiger partial charge in [-0.05, 0) is 24.1 Å². The first kappa shape index (κ1) is 10.4. The van der Waals surface area contributed by atoms with E-state index in [1.54, 1.807) is 0 Å². The lowest BCUT2D eigenvalue weighted by molar-refractivity contribution is 0.817. The zero-order chi connectivity index (χ0) is 10.7. The maximum Gasteiger partial charge on any atom is 0.0710 e. The Hall–Kier alpha value is -1.14. The van der Waals surface area contributed by atoms with Crippen molar-refractivity contribution in [2.75, 3.05) is 17.6 Å². The lowest BCUT2D eigenvalue weighted by Gasteiger charge is -2.19. The normalized spacial score (nSPS) is 16.0. The molecule has 0 saturated carbocycles. The summed E-state index contributed by atoms with van der Waals surface area (Å²) in [5, 5.41) is 12.4. The van der Waals surface area contributed by atoms with Crippen LogP contribution in [-0.2, 0) is 0 Å². The predicted octanol–water partition coefficient (Wildman–Crippen LogP) is 3.22. The fourth-order valence-electron chi connectivity index (χ4n) is 1.78. The molecular weight excluding hydrogens is 204 g/mol. The van der Waals surface area contributed by atoms with Crippen LogP contribution in [0.5, 0.6) is 0 Å². The largest absolute Gasteiger partial charge is 0.383 e. The fourth-order valence-corrected chi connectivity index (χ4v) is 2.65. The van der Waals surface area contributed by atoms with Crippen molar-refractivity contribution in [3.8, 4) is 6.07 Å². The van der Waals surface area contributed by atoms with Gasteiger partial charge in [0.2, 0.25) is 0 Å². The third-order valence-corrected chi connectivity index (χ3v) is 3.72. The number of rotatable bonds is 2. The van der Waals surface area contributed by atoms with E-state index < -0.39 is 0 Å². The molecule has 0 fully saturated rings. The Morgan fingerprint density at radius 1 is 1.60 bits per heavy atom. The molecule has 1 heterocycles. The number of anilines is 1. The van der Waals surface area contributed by atoms with E-state index in [2.05, 4.69) is 36.5 Å². The third kappa shape index (κ3) is 2.10. The van der Waals surface area contributed by atoms with E-state index in [4.69, 9.17) is 5.26 Å². The van der Waals surface area contributed by atoms with Crippen molar-refractivity contribution in [2.45, 2.75) is 24.2 Å². The van der Waals surface area contributed by atoms with Gasteiger partial charge in [0.15, 0.2) is 0 Å². The maximum atomic E-state index is 9.01. The van der Waals surface area contributed by atoms with Crippen LogP contribution in [0.25, 0.3) is 0 Å². The zero-order valence-corrected chi connectivity index (χ0v) is 9.60. The molecule has 0 bridgehead atoms. The Kier molecular flexibility index (Phi) is 3.17. The smallest absolute Gasteiger partial charge is 0.0710 e. The third-order valence-electron chi connectivity index (χ3n) is 2.65. The average molecular weight is 218 g/mol. The molecule has 1 aromatic rings. The number of nitriles is 1. The van der Waals surface area contributed by atoms with Crippen molar-refractivity contribution < 1.29 is 0 Å². The van der Waals surface area contributed by atoms with Crippen molar-refractivity contribution in [2.24, 2.45) is 0 Å². The first-order chi connectivity index (χ1) is 7.35. The molecule has 1 aliphatic heterocycles. The molecule has 15 heavy (non-hydrogen) atoms. The summed E-state index contributed by atoms with van der Waals surface area (Å²) in [5.41, 5.74) is 2.33. The number of fused-ring (bicyclic) bond motifs is 1. The van der Waals surface area contributed by atoms with Crippen molar-refractivity contribution in [1.29, 1.82) is 5.26 Å². The second-order valence-corrected chi connectivity index (χ2v) is 4.76. The summed E-state index contributed by atoms with van der Waals surface area (Å²) in [6, 6.07) is 8.67. The van der Waals surface area contributed by atoms with E-state index in [9.17, 15) is 0 Å². The molecule has 0 radical (unpaired) electrons. The van der Waals surface area contributed by atoms with Crippen LogP contribution in [-0.4, -0.2) is 12.3 Å². The molecule has 0 aliphatic carbocycles. The summed E-state index contributed by atoms with van der Waals surface area (Å²) in [6.45, 7) is 3.07. The SMILES string of the molecule is CCC(C#N)c1ccc2c(c1)NCCS2. The zero-order valence-electron chi connectivity index (χ0n) is 8.79. The van der Waals surface area contributed by atoms with Gasteiger partial charge in [0.1, 0.15) is 0 Å². The van der Waals surface area contributed by atoms with Crippen molar-refractivity contribution in [1.82, 2.24) is 0 Å². The first-order valence-corrected chi connectivity index (χ1v) is 6.24. The number of benzene rings is 1. The van der Waals surface area contributed by atoms with E-state index in [1.807, 2.05) is 11.8 Å². The topological polar surface area (TPSA) is 35.8 Å². The number of nitrogens with one attached hydrogen (secondary N) is 1. The Balaban J connectivity index is 2.32. The number of hydrogen-bond donors (Lipinski definition) is 1. The monoisotopic (exact) mass is 218 g/mol. The van der Waals surface area contributed by atoms with Crippen molar-refractivity contribution in [3.05, 3.63) is 23.8 Å². The van der Waals surface area contributed by atoms with Gasteiger partial charge in [0, 0.05) is 22.9 Å². The van der Waals surface area contributed by atoms with Gasteiger partial charge in [0.05, 0.1) is 12.0 Å². The van der Waals surface area contributed by atoms with Gasteiger partial charge in [-0.3, -0.25) is 0 Å². The molecule has 0 amide bonds. The molecule has 78 valence electrons. The van der Waals surface area contributed by atoms with Gasteiger partial charge < -0.3 is 5.32 Å². The molecule has 0 spiro atoms. The second-order valence-electron chi connectivity index (χ2n) is 3.62. The number of nitrogens with zero attached hydrogens (tertiary/aromatic N) is 1. The highest BCUT2D eigenvalue weighted by Crippen LogP contribution is 2.33. The highest BCUT2D eigenvalue weighted by Gasteiger charge is 2.13. The summed E-state index contributed by atoms with van der Waals surface area (Å²) < 4.78 is 0. The Morgan fingerprint density at radius 3 is 3.20 bits per heavy atom. The van der Waals surface area contributed by atoms with Gasteiger partial charge in [-0.25, -0.2) is 0 Å². The quantitative estimate of drug-likeness (QED) is 0.828. The van der Waals surface area contributed by atoms with Crippen LogP contribution in [0, 0.1) is 11.3 Å². The van der Waals surface area contributed by atoms with Crippen molar-refractivity contribution in [3.63, 3.8) is 0 Å². The Morgan fingerprint density at radius 2 is 2.47 bits per heavy atom. The minimum absolute atomic E-state index is 0.0315. The molecule has 1 aromatic carbocycles. The van der Waals surface area contributed by atoms with Gasteiger partial charge in [-0.1, -0.05) is 13.0 Å². The maximum absolute atomic E-state index is 9.01. The molecule has 0 aromatic heterocycles. The number of hydrogen-bond acceptors (Lipinski definition) is 3. The number of thioether (sulfide) groups is 1. The Labute approximate surface area is 94.7 Å². The highest BCUT2D eigenvalue weighted by molar-refractivity contribution is 7.99. The molecule has 2 rings (SSSR count). The molecular formula is C12H14N2S. The van der Waals surface area contributed by atoms with Gasteiger partial charge in [-0.15, -0.1) is 11.8 Å². The van der Waals surface area contributed by atoms with Gasteiger partial charge in [-0.2, -0.15) is 5.26 Å². The average Bonchev–Trinajstić information content (AvgIpc) is 2.30. The second kappa shape index (κ2) is 4.59. The predicted molar refractivity (Wildman–Crippen MR) is 64.3 cm³/mol. The molecule has 3 heteroatoms. The van der Waals surface area contributed by atoms with E-state index in [0.29, 0.717) is 0 Å². The van der Waals surface area contributed by atoms with Crippen LogP contribution in [0.15, 0.2) is 23.1 Å². The highest BCUT2D eigenvalue weighted by atomic mass is 32.2. The van der Waals surface area contributed by atoms with E-state index in [0.717, 1.165) is 24.3 Å². The van der Waals surface area contributed by atoms with Gasteiger partial charge >= 0.3 is 0 Å². The fraction of sp³-hybridized carbons (Fsp3) is 0.417. The minimum Gasteiger partial charge on any atom is -0.383 e. The molecule has 1 aliphatic rings. The summed E-state index contributed by atoms with van der Waals surface area (Å²) in [5.74, 6) is 1.16. The lowest BCUT2D eigenvalue weighted by atomic mass is 9.97. The molecule has 1 atom stereocenters. The van der Waals surface area contributed by atoms with Crippen LogP contribution in [0.4, 0.5) is 5.69 Å². The summed E-state index contributed by atoms with van der Waals surface area (Å²) in [6.07, 6.45) is 0.877. The van der Waals surface area contributed by atoms with E-state index in [1.165, 1.54) is 10.6 Å². The van der Waals surface area contributed by atoms with Crippen LogP contribution < -0.4 is 5.32 Å². The van der Waals surface area contributed by atoms with E-state index >= 15 is 0 Å². The van der Waals surface area contributed by atoms with Crippen LogP contribution in [0.2, 0.25) is 0 Å². The summed E-state index contributed by atoms with van der Waals surface area (Å²) >= 11 is 1.88. The lowest BCUT2D eigenvalue weighted by Crippen LogP contribution is -2.10. The molecule has 1 N–H and O–H groups in total. The first-order valence-electron chi connectivity index (χ1n) is 5.25. The molecule has 1 unspecified atom stereocenters. The van der Waals surface area contributed by atoms with Crippen LogP contribution in [0.3, 0.4) is 0 Å². The Bertz CT molecular complexity index is 395. The summed E-state index contributed by atoms with van der Waals surface area (Å²) in [4.78, 5) is 1.30. The molecule has 0 saturated heterocycles. The van der Waals surface area contributed by atoms with Crippen molar-refractivity contribution >= 4 is 17.4 Å². The minimum atomic E-state index is 0.0315. The summed E-state index contributed by atoms with van der Waals surface area (Å²) in [7, 11) is 0. The van der Waals surface area contributed by atoms with Crippen LogP contribution in [0.1, 0.15) is 24.8 Å². The van der Waals surface area contributed by atoms with Crippen LogP contribution >= 0.6 is 11.8 Å².